The first-order valence-corrected chi connectivity index (χ1v) is 10.6. The molecule has 0 radical (unpaired) electrons. The van der Waals surface area contributed by atoms with E-state index in [1.165, 1.54) is 23.5 Å². The molecule has 8 heteroatoms. The molecular weight excluding hydrogens is 467 g/mol. The topological polar surface area (TPSA) is 12.9 Å². The lowest BCUT2D eigenvalue weighted by molar-refractivity contribution is -0.137. The Morgan fingerprint density at radius 3 is 2.27 bits per heavy atom. The molecule has 0 unspecified atom stereocenters. The SMILES string of the molecule is FC(F)(F)c1ccc(-c2nc(CSc3ccc(Br)cc3)c(CCl)s2)cc1. The van der Waals surface area contributed by atoms with E-state index in [9.17, 15) is 13.2 Å². The Labute approximate surface area is 170 Å². The Balaban J connectivity index is 1.78. The highest BCUT2D eigenvalue weighted by Crippen LogP contribution is 2.35. The molecule has 136 valence electrons. The number of rotatable bonds is 5. The van der Waals surface area contributed by atoms with Gasteiger partial charge in [-0.05, 0) is 36.4 Å². The minimum absolute atomic E-state index is 0.328. The predicted molar refractivity (Wildman–Crippen MR) is 106 cm³/mol. The Morgan fingerprint density at radius 1 is 1.04 bits per heavy atom. The number of aromatic nitrogens is 1. The molecule has 0 aliphatic heterocycles. The molecule has 1 aromatic heterocycles. The van der Waals surface area contributed by atoms with Crippen LogP contribution < -0.4 is 0 Å². The normalized spacial score (nSPS) is 11.7. The van der Waals surface area contributed by atoms with Crippen LogP contribution in [0.25, 0.3) is 10.6 Å². The smallest absolute Gasteiger partial charge is 0.240 e. The van der Waals surface area contributed by atoms with Crippen molar-refractivity contribution in [3.8, 4) is 10.6 Å². The lowest BCUT2D eigenvalue weighted by Crippen LogP contribution is -2.03. The van der Waals surface area contributed by atoms with Gasteiger partial charge in [0.2, 0.25) is 0 Å². The highest BCUT2D eigenvalue weighted by molar-refractivity contribution is 9.10. The number of hydrogen-bond donors (Lipinski definition) is 0. The molecule has 26 heavy (non-hydrogen) atoms. The van der Waals surface area contributed by atoms with Crippen molar-refractivity contribution in [3.05, 3.63) is 69.1 Å². The Kier molecular flexibility index (Phi) is 6.33. The van der Waals surface area contributed by atoms with Crippen LogP contribution in [0.3, 0.4) is 0 Å². The van der Waals surface area contributed by atoms with E-state index >= 15 is 0 Å². The summed E-state index contributed by atoms with van der Waals surface area (Å²) in [6.45, 7) is 0. The Hall–Kier alpha value is -1.02. The quantitative estimate of drug-likeness (QED) is 0.276. The van der Waals surface area contributed by atoms with Crippen molar-refractivity contribution < 1.29 is 13.2 Å². The monoisotopic (exact) mass is 477 g/mol. The highest BCUT2D eigenvalue weighted by atomic mass is 79.9. The van der Waals surface area contributed by atoms with E-state index in [4.69, 9.17) is 11.6 Å². The van der Waals surface area contributed by atoms with Gasteiger partial charge in [0.25, 0.3) is 0 Å². The highest BCUT2D eigenvalue weighted by Gasteiger charge is 2.30. The predicted octanol–water partition coefficient (Wildman–Crippen LogP) is 7.62. The first kappa shape index (κ1) is 19.7. The molecule has 0 bridgehead atoms. The molecule has 1 nitrogen and oxygen atoms in total. The van der Waals surface area contributed by atoms with Crippen molar-refractivity contribution in [2.24, 2.45) is 0 Å². The van der Waals surface area contributed by atoms with Crippen molar-refractivity contribution in [1.82, 2.24) is 4.98 Å². The number of thiazole rings is 1. The third-order valence-corrected chi connectivity index (χ3v) is 6.67. The summed E-state index contributed by atoms with van der Waals surface area (Å²) in [5.74, 6) is 0.982. The zero-order valence-corrected chi connectivity index (χ0v) is 17.2. The summed E-state index contributed by atoms with van der Waals surface area (Å²) in [4.78, 5) is 6.64. The number of nitrogens with zero attached hydrogens (tertiary/aromatic N) is 1. The van der Waals surface area contributed by atoms with Crippen molar-refractivity contribution in [2.75, 3.05) is 0 Å². The summed E-state index contributed by atoms with van der Waals surface area (Å²) in [5.41, 5.74) is 0.864. The minimum Gasteiger partial charge on any atom is -0.240 e. The molecule has 0 fully saturated rings. The second-order valence-corrected chi connectivity index (χ2v) is 8.66. The molecule has 3 aromatic rings. The molecule has 0 saturated carbocycles. The van der Waals surface area contributed by atoms with Crippen LogP contribution in [0.2, 0.25) is 0 Å². The van der Waals surface area contributed by atoms with Crippen molar-refractivity contribution in [2.45, 2.75) is 22.7 Å². The van der Waals surface area contributed by atoms with E-state index in [1.807, 2.05) is 24.3 Å². The van der Waals surface area contributed by atoms with Gasteiger partial charge in [-0.1, -0.05) is 28.1 Å². The van der Waals surface area contributed by atoms with Crippen LogP contribution in [-0.2, 0) is 17.8 Å². The standard InChI is InChI=1S/C18H12BrClF3NS2/c19-13-5-7-14(8-6-13)25-10-15-16(9-20)26-17(24-15)11-1-3-12(4-2-11)18(21,22)23/h1-8H,9-10H2. The van der Waals surface area contributed by atoms with Crippen molar-refractivity contribution in [1.29, 1.82) is 0 Å². The van der Waals surface area contributed by atoms with Gasteiger partial charge in [0, 0.05) is 25.6 Å². The maximum absolute atomic E-state index is 12.7. The van der Waals surface area contributed by atoms with Crippen LogP contribution in [0.5, 0.6) is 0 Å². The zero-order chi connectivity index (χ0) is 18.7. The second-order valence-electron chi connectivity index (χ2n) is 5.34. The first-order chi connectivity index (χ1) is 12.4. The van der Waals surface area contributed by atoms with Crippen LogP contribution in [0.1, 0.15) is 16.1 Å². The van der Waals surface area contributed by atoms with Crippen LogP contribution in [-0.4, -0.2) is 4.98 Å². The first-order valence-electron chi connectivity index (χ1n) is 7.47. The van der Waals surface area contributed by atoms with E-state index < -0.39 is 11.7 Å². The lowest BCUT2D eigenvalue weighted by atomic mass is 10.1. The average molecular weight is 479 g/mol. The van der Waals surface area contributed by atoms with E-state index in [2.05, 4.69) is 20.9 Å². The summed E-state index contributed by atoms with van der Waals surface area (Å²) in [6.07, 6.45) is -4.34. The summed E-state index contributed by atoms with van der Waals surface area (Å²) in [5, 5.41) is 0.681. The van der Waals surface area contributed by atoms with Gasteiger partial charge in [0.05, 0.1) is 17.1 Å². The summed E-state index contributed by atoms with van der Waals surface area (Å²) in [7, 11) is 0. The average Bonchev–Trinajstić information content (AvgIpc) is 3.04. The molecule has 0 spiro atoms. The second kappa shape index (κ2) is 8.33. The molecule has 0 aliphatic rings. The van der Waals surface area contributed by atoms with Crippen LogP contribution in [0, 0.1) is 0 Å². The van der Waals surface area contributed by atoms with Gasteiger partial charge in [0.15, 0.2) is 0 Å². The lowest BCUT2D eigenvalue weighted by Gasteiger charge is -2.06. The summed E-state index contributed by atoms with van der Waals surface area (Å²) < 4.78 is 39.1. The van der Waals surface area contributed by atoms with Gasteiger partial charge in [0.1, 0.15) is 5.01 Å². The van der Waals surface area contributed by atoms with Gasteiger partial charge >= 0.3 is 6.18 Å². The van der Waals surface area contributed by atoms with E-state index in [-0.39, 0.29) is 0 Å². The largest absolute Gasteiger partial charge is 0.416 e. The molecular formula is C18H12BrClF3NS2. The van der Waals surface area contributed by atoms with Crippen molar-refractivity contribution in [3.63, 3.8) is 0 Å². The van der Waals surface area contributed by atoms with E-state index in [1.54, 1.807) is 11.8 Å². The van der Waals surface area contributed by atoms with Crippen LogP contribution in [0.4, 0.5) is 13.2 Å². The molecule has 1 heterocycles. The third-order valence-electron chi connectivity index (χ3n) is 3.55. The Bertz CT molecular complexity index is 877. The maximum Gasteiger partial charge on any atom is 0.416 e. The Morgan fingerprint density at radius 2 is 1.69 bits per heavy atom. The summed E-state index contributed by atoms with van der Waals surface area (Å²) >= 11 is 12.5. The van der Waals surface area contributed by atoms with Gasteiger partial charge in [-0.15, -0.1) is 34.7 Å². The fraction of sp³-hybridized carbons (Fsp3) is 0.167. The van der Waals surface area contributed by atoms with Gasteiger partial charge in [-0.25, -0.2) is 4.98 Å². The third kappa shape index (κ3) is 4.82. The molecule has 0 amide bonds. The number of hydrogen-bond acceptors (Lipinski definition) is 3. The minimum atomic E-state index is -4.34. The van der Waals surface area contributed by atoms with Crippen LogP contribution in [0.15, 0.2) is 57.9 Å². The number of alkyl halides is 4. The van der Waals surface area contributed by atoms with Crippen molar-refractivity contribution >= 4 is 50.6 Å². The van der Waals surface area contributed by atoms with Gasteiger partial charge in [-0.3, -0.25) is 0 Å². The zero-order valence-electron chi connectivity index (χ0n) is 13.2. The van der Waals surface area contributed by atoms with Gasteiger partial charge < -0.3 is 0 Å². The summed E-state index contributed by atoms with van der Waals surface area (Å²) in [6, 6.07) is 13.0. The molecule has 0 saturated heterocycles. The molecule has 0 aliphatic carbocycles. The number of thioether (sulfide) groups is 1. The maximum atomic E-state index is 12.7. The fourth-order valence-electron chi connectivity index (χ4n) is 2.21. The molecule has 3 rings (SSSR count). The van der Waals surface area contributed by atoms with E-state index in [0.717, 1.165) is 32.1 Å². The molecule has 0 atom stereocenters. The number of halogens is 5. The number of benzene rings is 2. The molecule has 0 N–H and O–H groups in total. The van der Waals surface area contributed by atoms with Crippen LogP contribution >= 0.6 is 50.6 Å². The molecule has 2 aromatic carbocycles. The fourth-order valence-corrected chi connectivity index (χ4v) is 4.69. The van der Waals surface area contributed by atoms with Gasteiger partial charge in [-0.2, -0.15) is 13.2 Å². The van der Waals surface area contributed by atoms with E-state index in [0.29, 0.717) is 22.2 Å².